The largest absolute Gasteiger partial charge is 0.322 e. The van der Waals surface area contributed by atoms with E-state index in [1.165, 1.54) is 18.6 Å². The van der Waals surface area contributed by atoms with Crippen molar-refractivity contribution in [2.75, 3.05) is 4.90 Å². The van der Waals surface area contributed by atoms with Crippen LogP contribution in [-0.2, 0) is 6.54 Å². The minimum Gasteiger partial charge on any atom is -0.322 e. The van der Waals surface area contributed by atoms with Crippen molar-refractivity contribution in [2.24, 2.45) is 0 Å². The summed E-state index contributed by atoms with van der Waals surface area (Å²) in [7, 11) is 0. The molecule has 0 spiro atoms. The van der Waals surface area contributed by atoms with Gasteiger partial charge in [0, 0.05) is 28.4 Å². The molecule has 4 aromatic rings. The van der Waals surface area contributed by atoms with Crippen molar-refractivity contribution in [3.05, 3.63) is 88.4 Å². The fourth-order valence-corrected chi connectivity index (χ4v) is 3.27. The number of fused-ring (bicyclic) bond motifs is 1. The van der Waals surface area contributed by atoms with Crippen molar-refractivity contribution in [1.82, 2.24) is 15.0 Å². The molecule has 0 atom stereocenters. The van der Waals surface area contributed by atoms with E-state index in [4.69, 9.17) is 23.2 Å². The van der Waals surface area contributed by atoms with Crippen LogP contribution < -0.4 is 4.90 Å². The van der Waals surface area contributed by atoms with Gasteiger partial charge >= 0.3 is 0 Å². The van der Waals surface area contributed by atoms with Gasteiger partial charge in [0.1, 0.15) is 22.8 Å². The summed E-state index contributed by atoms with van der Waals surface area (Å²) in [6, 6.07) is 13.2. The van der Waals surface area contributed by atoms with E-state index in [1.807, 2.05) is 17.0 Å². The van der Waals surface area contributed by atoms with Crippen molar-refractivity contribution < 1.29 is 8.78 Å². The molecule has 0 radical (unpaired) electrons. The molecular formula is C20H12Cl2F2N4. The average molecular weight is 417 g/mol. The Balaban J connectivity index is 1.85. The molecule has 140 valence electrons. The van der Waals surface area contributed by atoms with Crippen LogP contribution in [0, 0.1) is 11.6 Å². The van der Waals surface area contributed by atoms with Gasteiger partial charge in [0.2, 0.25) is 0 Å². The van der Waals surface area contributed by atoms with Gasteiger partial charge in [-0.2, -0.15) is 0 Å². The molecule has 0 saturated carbocycles. The Bertz CT molecular complexity index is 1120. The Hall–Kier alpha value is -2.83. The molecule has 0 bridgehead atoms. The molecule has 0 saturated heterocycles. The number of nitrogens with zero attached hydrogens (tertiary/aromatic N) is 4. The SMILES string of the molecule is Fc1ccc2c(CN(c3cccc(Cl)c3)c3cc(Cl)ncn3)ccnc2c1F. The van der Waals surface area contributed by atoms with Crippen LogP contribution in [0.2, 0.25) is 10.2 Å². The summed E-state index contributed by atoms with van der Waals surface area (Å²) in [6.45, 7) is 0.303. The maximum atomic E-state index is 14.2. The van der Waals surface area contributed by atoms with Crippen LogP contribution >= 0.6 is 23.2 Å². The molecule has 0 amide bonds. The summed E-state index contributed by atoms with van der Waals surface area (Å²) >= 11 is 12.2. The number of rotatable bonds is 4. The predicted molar refractivity (Wildman–Crippen MR) is 106 cm³/mol. The lowest BCUT2D eigenvalue weighted by atomic mass is 10.1. The fourth-order valence-electron chi connectivity index (χ4n) is 2.95. The number of hydrogen-bond donors (Lipinski definition) is 0. The van der Waals surface area contributed by atoms with Crippen LogP contribution in [0.3, 0.4) is 0 Å². The summed E-state index contributed by atoms with van der Waals surface area (Å²) in [5.41, 5.74) is 1.47. The lowest BCUT2D eigenvalue weighted by Crippen LogP contribution is -2.18. The zero-order chi connectivity index (χ0) is 19.7. The summed E-state index contributed by atoms with van der Waals surface area (Å²) in [5.74, 6) is -1.38. The number of pyridine rings is 1. The highest BCUT2D eigenvalue weighted by Crippen LogP contribution is 2.31. The second kappa shape index (κ2) is 7.66. The highest BCUT2D eigenvalue weighted by Gasteiger charge is 2.17. The summed E-state index contributed by atoms with van der Waals surface area (Å²) in [5, 5.41) is 1.34. The zero-order valence-electron chi connectivity index (χ0n) is 14.3. The molecule has 0 aliphatic rings. The third-order valence-corrected chi connectivity index (χ3v) is 4.68. The van der Waals surface area contributed by atoms with Crippen LogP contribution in [0.4, 0.5) is 20.3 Å². The van der Waals surface area contributed by atoms with E-state index in [0.717, 1.165) is 17.3 Å². The summed E-state index contributed by atoms with van der Waals surface area (Å²) in [4.78, 5) is 14.0. The van der Waals surface area contributed by atoms with Crippen molar-refractivity contribution >= 4 is 45.6 Å². The van der Waals surface area contributed by atoms with E-state index >= 15 is 0 Å². The quantitative estimate of drug-likeness (QED) is 0.385. The van der Waals surface area contributed by atoms with Gasteiger partial charge in [-0.1, -0.05) is 29.3 Å². The van der Waals surface area contributed by atoms with Gasteiger partial charge in [0.25, 0.3) is 0 Å². The number of benzene rings is 2. The summed E-state index contributed by atoms with van der Waals surface area (Å²) in [6.07, 6.45) is 2.80. The Kier molecular flexibility index (Phi) is 5.07. The molecule has 2 aromatic heterocycles. The summed E-state index contributed by atoms with van der Waals surface area (Å²) < 4.78 is 27.8. The van der Waals surface area contributed by atoms with Gasteiger partial charge in [-0.05, 0) is 42.0 Å². The van der Waals surface area contributed by atoms with E-state index in [2.05, 4.69) is 15.0 Å². The molecule has 4 rings (SSSR count). The van der Waals surface area contributed by atoms with Crippen molar-refractivity contribution in [3.8, 4) is 0 Å². The van der Waals surface area contributed by atoms with Gasteiger partial charge in [0.05, 0.1) is 6.54 Å². The topological polar surface area (TPSA) is 41.9 Å². The third kappa shape index (κ3) is 3.61. The highest BCUT2D eigenvalue weighted by atomic mass is 35.5. The molecular weight excluding hydrogens is 405 g/mol. The minimum atomic E-state index is -0.973. The molecule has 4 nitrogen and oxygen atoms in total. The average Bonchev–Trinajstić information content (AvgIpc) is 2.69. The van der Waals surface area contributed by atoms with Crippen molar-refractivity contribution in [2.45, 2.75) is 6.54 Å². The first-order chi connectivity index (χ1) is 13.5. The Labute approximate surface area is 169 Å². The first-order valence-corrected chi connectivity index (χ1v) is 9.01. The minimum absolute atomic E-state index is 0.0238. The fraction of sp³-hybridized carbons (Fsp3) is 0.0500. The molecule has 28 heavy (non-hydrogen) atoms. The number of aromatic nitrogens is 3. The first kappa shape index (κ1) is 18.5. The monoisotopic (exact) mass is 416 g/mol. The highest BCUT2D eigenvalue weighted by molar-refractivity contribution is 6.31. The first-order valence-electron chi connectivity index (χ1n) is 8.25. The molecule has 2 aromatic carbocycles. The van der Waals surface area contributed by atoms with Crippen molar-refractivity contribution in [3.63, 3.8) is 0 Å². The van der Waals surface area contributed by atoms with Gasteiger partial charge in [0.15, 0.2) is 11.6 Å². The number of halogens is 4. The molecule has 0 fully saturated rings. The zero-order valence-corrected chi connectivity index (χ0v) is 15.8. The van der Waals surface area contributed by atoms with Crippen molar-refractivity contribution in [1.29, 1.82) is 0 Å². The maximum Gasteiger partial charge on any atom is 0.184 e. The van der Waals surface area contributed by atoms with Gasteiger partial charge in [-0.3, -0.25) is 4.98 Å². The van der Waals surface area contributed by atoms with Gasteiger partial charge in [-0.25, -0.2) is 18.7 Å². The van der Waals surface area contributed by atoms with Crippen LogP contribution in [0.1, 0.15) is 5.56 Å². The van der Waals surface area contributed by atoms with E-state index in [9.17, 15) is 8.78 Å². The van der Waals surface area contributed by atoms with Crippen LogP contribution in [0.15, 0.2) is 61.1 Å². The standard InChI is InChI=1S/C20H12Cl2F2N4/c21-13-2-1-3-14(8-13)28(18-9-17(22)26-11-27-18)10-12-6-7-25-20-15(12)4-5-16(23)19(20)24/h1-9,11H,10H2. The van der Waals surface area contributed by atoms with E-state index in [0.29, 0.717) is 22.8 Å². The lowest BCUT2D eigenvalue weighted by Gasteiger charge is -2.25. The van der Waals surface area contributed by atoms with Crippen LogP contribution in [0.25, 0.3) is 10.9 Å². The molecule has 0 aliphatic heterocycles. The second-order valence-electron chi connectivity index (χ2n) is 5.99. The van der Waals surface area contributed by atoms with E-state index in [-0.39, 0.29) is 10.7 Å². The molecule has 8 heteroatoms. The Morgan fingerprint density at radius 1 is 0.929 bits per heavy atom. The van der Waals surface area contributed by atoms with E-state index in [1.54, 1.807) is 24.3 Å². The molecule has 0 N–H and O–H groups in total. The lowest BCUT2D eigenvalue weighted by molar-refractivity contribution is 0.515. The second-order valence-corrected chi connectivity index (χ2v) is 6.82. The van der Waals surface area contributed by atoms with Gasteiger partial charge in [-0.15, -0.1) is 0 Å². The molecule has 2 heterocycles. The van der Waals surface area contributed by atoms with Crippen LogP contribution in [0.5, 0.6) is 0 Å². The molecule has 0 unspecified atom stereocenters. The molecule has 0 aliphatic carbocycles. The van der Waals surface area contributed by atoms with Crippen LogP contribution in [-0.4, -0.2) is 15.0 Å². The predicted octanol–water partition coefficient (Wildman–Crippen LogP) is 5.95. The number of anilines is 2. The third-order valence-electron chi connectivity index (χ3n) is 4.24. The smallest absolute Gasteiger partial charge is 0.184 e. The van der Waals surface area contributed by atoms with Gasteiger partial charge < -0.3 is 4.90 Å². The Morgan fingerprint density at radius 3 is 2.57 bits per heavy atom. The van der Waals surface area contributed by atoms with E-state index < -0.39 is 11.6 Å². The number of hydrogen-bond acceptors (Lipinski definition) is 4. The normalized spacial score (nSPS) is 11.0. The Morgan fingerprint density at radius 2 is 1.79 bits per heavy atom. The maximum absolute atomic E-state index is 14.2.